The molecule has 7 N–H and O–H groups in total. The van der Waals surface area contributed by atoms with Crippen LogP contribution in [0.5, 0.6) is 0 Å². The van der Waals surface area contributed by atoms with E-state index in [2.05, 4.69) is 15.6 Å². The number of hydrogen-bond donors (Lipinski definition) is 6. The van der Waals surface area contributed by atoms with Gasteiger partial charge >= 0.3 is 11.9 Å². The lowest BCUT2D eigenvalue weighted by molar-refractivity contribution is -0.150. The number of amides is 3. The third-order valence-electron chi connectivity index (χ3n) is 5.96. The van der Waals surface area contributed by atoms with Crippen molar-refractivity contribution in [1.82, 2.24) is 20.5 Å². The number of aromatic nitrogens is 1. The Bertz CT molecular complexity index is 1130. The smallest absolute Gasteiger partial charge is 0.326 e. The molecule has 35 heavy (non-hydrogen) atoms. The minimum absolute atomic E-state index is 0.0454. The monoisotopic (exact) mass is 487 g/mol. The van der Waals surface area contributed by atoms with Crippen molar-refractivity contribution in [2.45, 2.75) is 56.8 Å². The van der Waals surface area contributed by atoms with Gasteiger partial charge < -0.3 is 36.5 Å². The molecule has 0 saturated carbocycles. The van der Waals surface area contributed by atoms with E-state index in [4.69, 9.17) is 5.73 Å². The molecule has 3 rings (SSSR count). The van der Waals surface area contributed by atoms with Gasteiger partial charge in [-0.3, -0.25) is 19.2 Å². The Labute approximate surface area is 200 Å². The van der Waals surface area contributed by atoms with Gasteiger partial charge in [-0.15, -0.1) is 0 Å². The number of rotatable bonds is 10. The number of hydrogen-bond acceptors (Lipinski definition) is 6. The van der Waals surface area contributed by atoms with Gasteiger partial charge in [0.1, 0.15) is 18.1 Å². The third-order valence-corrected chi connectivity index (χ3v) is 5.96. The van der Waals surface area contributed by atoms with E-state index in [9.17, 15) is 34.2 Å². The van der Waals surface area contributed by atoms with Gasteiger partial charge in [0.2, 0.25) is 17.7 Å². The fourth-order valence-corrected chi connectivity index (χ4v) is 4.17. The topological polar surface area (TPSA) is 195 Å². The zero-order chi connectivity index (χ0) is 25.7. The Balaban J connectivity index is 1.84. The lowest BCUT2D eigenvalue weighted by Crippen LogP contribution is -2.57. The highest BCUT2D eigenvalue weighted by molar-refractivity contribution is 5.96. The van der Waals surface area contributed by atoms with Crippen LogP contribution in [0.2, 0.25) is 0 Å². The molecule has 1 aromatic heterocycles. The number of nitrogens with two attached hydrogens (primary N) is 1. The van der Waals surface area contributed by atoms with E-state index in [1.807, 2.05) is 24.3 Å². The molecule has 1 fully saturated rings. The Hall–Kier alpha value is -3.93. The van der Waals surface area contributed by atoms with Crippen LogP contribution >= 0.6 is 0 Å². The van der Waals surface area contributed by atoms with Crippen molar-refractivity contribution in [2.75, 3.05) is 6.54 Å². The zero-order valence-corrected chi connectivity index (χ0v) is 19.2. The van der Waals surface area contributed by atoms with Crippen molar-refractivity contribution in [1.29, 1.82) is 0 Å². The van der Waals surface area contributed by atoms with Gasteiger partial charge in [-0.05, 0) is 31.4 Å². The molecule has 0 bridgehead atoms. The normalized spacial score (nSPS) is 18.0. The second-order valence-corrected chi connectivity index (χ2v) is 8.60. The van der Waals surface area contributed by atoms with Crippen LogP contribution in [0.4, 0.5) is 0 Å². The molecule has 12 nitrogen and oxygen atoms in total. The van der Waals surface area contributed by atoms with Gasteiger partial charge in [0.15, 0.2) is 0 Å². The van der Waals surface area contributed by atoms with Crippen molar-refractivity contribution in [2.24, 2.45) is 5.73 Å². The minimum Gasteiger partial charge on any atom is -0.481 e. The van der Waals surface area contributed by atoms with E-state index < -0.39 is 60.2 Å². The molecule has 2 aromatic rings. The van der Waals surface area contributed by atoms with Crippen LogP contribution in [-0.2, 0) is 30.4 Å². The Kier molecular flexibility index (Phi) is 8.07. The quantitative estimate of drug-likeness (QED) is 0.260. The highest BCUT2D eigenvalue weighted by Crippen LogP contribution is 2.21. The SMILES string of the molecule is CC(N)C(=O)NC(Cc1c[nH]c2ccccc12)C(=O)NC(CC(=O)O)C(=O)N1CCCC1C(=O)O. The summed E-state index contributed by atoms with van der Waals surface area (Å²) in [5, 5.41) is 24.5. The number of fused-ring (bicyclic) bond motifs is 1. The lowest BCUT2D eigenvalue weighted by atomic mass is 10.0. The van der Waals surface area contributed by atoms with Crippen LogP contribution in [0, 0.1) is 0 Å². The maximum absolute atomic E-state index is 13.2. The summed E-state index contributed by atoms with van der Waals surface area (Å²) in [4.78, 5) is 65.7. The van der Waals surface area contributed by atoms with Crippen molar-refractivity contribution in [3.05, 3.63) is 36.0 Å². The Morgan fingerprint density at radius 3 is 2.46 bits per heavy atom. The number of aliphatic carboxylic acids is 2. The third kappa shape index (κ3) is 6.15. The molecule has 3 amide bonds. The van der Waals surface area contributed by atoms with Gasteiger partial charge in [0.05, 0.1) is 12.5 Å². The van der Waals surface area contributed by atoms with Gasteiger partial charge in [0, 0.05) is 30.1 Å². The number of aromatic amines is 1. The molecule has 4 unspecified atom stereocenters. The van der Waals surface area contributed by atoms with Crippen molar-refractivity contribution >= 4 is 40.6 Å². The van der Waals surface area contributed by atoms with Crippen LogP contribution in [0.25, 0.3) is 10.9 Å². The number of benzene rings is 1. The Morgan fingerprint density at radius 1 is 1.11 bits per heavy atom. The van der Waals surface area contributed by atoms with E-state index in [-0.39, 0.29) is 19.4 Å². The molecule has 0 spiro atoms. The molecule has 12 heteroatoms. The highest BCUT2D eigenvalue weighted by Gasteiger charge is 2.39. The number of carbonyl (C=O) groups excluding carboxylic acids is 3. The molecule has 1 saturated heterocycles. The first-order valence-corrected chi connectivity index (χ1v) is 11.2. The molecule has 1 aliphatic rings. The van der Waals surface area contributed by atoms with Crippen LogP contribution in [0.15, 0.2) is 30.5 Å². The van der Waals surface area contributed by atoms with Gasteiger partial charge in [0.25, 0.3) is 0 Å². The highest BCUT2D eigenvalue weighted by atomic mass is 16.4. The van der Waals surface area contributed by atoms with E-state index in [0.29, 0.717) is 6.42 Å². The van der Waals surface area contributed by atoms with Gasteiger partial charge in [-0.2, -0.15) is 0 Å². The van der Waals surface area contributed by atoms with Crippen LogP contribution in [0.3, 0.4) is 0 Å². The van der Waals surface area contributed by atoms with E-state index in [0.717, 1.165) is 21.4 Å². The van der Waals surface area contributed by atoms with E-state index >= 15 is 0 Å². The lowest BCUT2D eigenvalue weighted by Gasteiger charge is -2.28. The number of carboxylic acid groups (broad SMARTS) is 2. The van der Waals surface area contributed by atoms with Crippen molar-refractivity contribution < 1.29 is 34.2 Å². The summed E-state index contributed by atoms with van der Waals surface area (Å²) in [5.41, 5.74) is 7.19. The number of para-hydroxylation sites is 1. The second-order valence-electron chi connectivity index (χ2n) is 8.60. The first-order valence-electron chi connectivity index (χ1n) is 11.2. The van der Waals surface area contributed by atoms with Crippen LogP contribution in [0.1, 0.15) is 31.7 Å². The summed E-state index contributed by atoms with van der Waals surface area (Å²) >= 11 is 0. The van der Waals surface area contributed by atoms with Crippen LogP contribution < -0.4 is 16.4 Å². The minimum atomic E-state index is -1.50. The largest absolute Gasteiger partial charge is 0.481 e. The predicted octanol–water partition coefficient (Wildman–Crippen LogP) is -0.422. The fourth-order valence-electron chi connectivity index (χ4n) is 4.17. The van der Waals surface area contributed by atoms with Gasteiger partial charge in [-0.25, -0.2) is 4.79 Å². The summed E-state index contributed by atoms with van der Waals surface area (Å²) < 4.78 is 0. The number of likely N-dealkylation sites (tertiary alicyclic amines) is 1. The average Bonchev–Trinajstić information content (AvgIpc) is 3.45. The number of nitrogens with zero attached hydrogens (tertiary/aromatic N) is 1. The molecule has 1 aromatic carbocycles. The van der Waals surface area contributed by atoms with Gasteiger partial charge in [-0.1, -0.05) is 18.2 Å². The van der Waals surface area contributed by atoms with E-state index in [1.54, 1.807) is 6.20 Å². The number of carbonyl (C=O) groups is 5. The molecular formula is C23H29N5O7. The first-order chi connectivity index (χ1) is 16.6. The fraction of sp³-hybridized carbons (Fsp3) is 0.435. The molecule has 0 radical (unpaired) electrons. The summed E-state index contributed by atoms with van der Waals surface area (Å²) in [7, 11) is 0. The molecule has 188 valence electrons. The van der Waals surface area contributed by atoms with E-state index in [1.165, 1.54) is 6.92 Å². The standard InChI is InChI=1S/C23H29N5O7/c1-12(24)20(31)26-16(9-13-11-25-15-6-3-2-5-14(13)15)21(32)27-17(10-19(29)30)22(33)28-8-4-7-18(28)23(34)35/h2-3,5-6,11-12,16-18,25H,4,7-10,24H2,1H3,(H,26,31)(H,27,32)(H,29,30)(H,34,35). The molecular weight excluding hydrogens is 458 g/mol. The summed E-state index contributed by atoms with van der Waals surface area (Å²) in [5.74, 6) is -4.72. The number of H-pyrrole nitrogens is 1. The molecule has 2 heterocycles. The molecule has 1 aliphatic heterocycles. The molecule has 0 aliphatic carbocycles. The summed E-state index contributed by atoms with van der Waals surface area (Å²) in [6.45, 7) is 1.59. The Morgan fingerprint density at radius 2 is 1.80 bits per heavy atom. The molecule has 4 atom stereocenters. The number of carboxylic acids is 2. The summed E-state index contributed by atoms with van der Waals surface area (Å²) in [6, 6.07) is 2.70. The maximum atomic E-state index is 13.2. The number of nitrogens with one attached hydrogen (secondary N) is 3. The second kappa shape index (κ2) is 11.0. The average molecular weight is 488 g/mol. The van der Waals surface area contributed by atoms with Crippen molar-refractivity contribution in [3.8, 4) is 0 Å². The van der Waals surface area contributed by atoms with Crippen LogP contribution in [-0.4, -0.2) is 80.5 Å². The van der Waals surface area contributed by atoms with Crippen molar-refractivity contribution in [3.63, 3.8) is 0 Å². The zero-order valence-electron chi connectivity index (χ0n) is 19.2. The summed E-state index contributed by atoms with van der Waals surface area (Å²) in [6.07, 6.45) is 1.69. The maximum Gasteiger partial charge on any atom is 0.326 e. The predicted molar refractivity (Wildman–Crippen MR) is 124 cm³/mol. The first kappa shape index (κ1) is 25.7.